The molecule has 1 aromatic rings. The molecule has 0 bridgehead atoms. The molecule has 0 saturated carbocycles. The number of hydrogen-bond donors (Lipinski definition) is 2. The number of nitrogens with two attached hydrogens (primary N) is 1. The van der Waals surface area contributed by atoms with Gasteiger partial charge in [0.25, 0.3) is 0 Å². The molecule has 1 aromatic carbocycles. The Hall–Kier alpha value is -1.07. The van der Waals surface area contributed by atoms with E-state index in [1.54, 1.807) is 7.11 Å². The van der Waals surface area contributed by atoms with Gasteiger partial charge in [-0.25, -0.2) is 0 Å². The van der Waals surface area contributed by atoms with Gasteiger partial charge >= 0.3 is 0 Å². The van der Waals surface area contributed by atoms with Crippen molar-refractivity contribution in [1.29, 1.82) is 0 Å². The van der Waals surface area contributed by atoms with Gasteiger partial charge in [-0.05, 0) is 52.9 Å². The van der Waals surface area contributed by atoms with Crippen LogP contribution in [0.3, 0.4) is 0 Å². The van der Waals surface area contributed by atoms with Crippen LogP contribution in [0.1, 0.15) is 38.8 Å². The molecule has 1 unspecified atom stereocenters. The summed E-state index contributed by atoms with van der Waals surface area (Å²) in [6.07, 6.45) is 0.685. The van der Waals surface area contributed by atoms with Gasteiger partial charge in [0.15, 0.2) is 0 Å². The molecular formula is C15H23BrN2O2. The third-order valence-corrected chi connectivity index (χ3v) is 3.72. The highest BCUT2D eigenvalue weighted by Crippen LogP contribution is 2.28. The quantitative estimate of drug-likeness (QED) is 0.835. The van der Waals surface area contributed by atoms with Crippen LogP contribution < -0.4 is 15.8 Å². The van der Waals surface area contributed by atoms with Crippen LogP contribution in [0.25, 0.3) is 0 Å². The van der Waals surface area contributed by atoms with Crippen LogP contribution >= 0.6 is 15.9 Å². The molecule has 1 rings (SSSR count). The van der Waals surface area contributed by atoms with Crippen molar-refractivity contribution >= 4 is 21.8 Å². The molecule has 1 amide bonds. The standard InChI is InChI=1S/C15H23BrN2O2/c1-9(2)7-13(17)15(19)18-10(3)11-5-6-14(20-4)12(16)8-11/h5-6,8-10,13H,7,17H2,1-4H3,(H,18,19)/t10?,13-/m1/s1. The molecule has 20 heavy (non-hydrogen) atoms. The molecule has 3 N–H and O–H groups in total. The van der Waals surface area contributed by atoms with Crippen LogP contribution in [-0.2, 0) is 4.79 Å². The number of rotatable bonds is 6. The summed E-state index contributed by atoms with van der Waals surface area (Å²) in [5, 5.41) is 2.94. The van der Waals surface area contributed by atoms with Crippen molar-refractivity contribution < 1.29 is 9.53 Å². The Labute approximate surface area is 129 Å². The van der Waals surface area contributed by atoms with Crippen molar-refractivity contribution in [1.82, 2.24) is 5.32 Å². The highest BCUT2D eigenvalue weighted by Gasteiger charge is 2.18. The van der Waals surface area contributed by atoms with Crippen LogP contribution in [0.4, 0.5) is 0 Å². The molecular weight excluding hydrogens is 320 g/mol. The fraction of sp³-hybridized carbons (Fsp3) is 0.533. The molecule has 0 radical (unpaired) electrons. The van der Waals surface area contributed by atoms with Crippen LogP contribution in [0.15, 0.2) is 22.7 Å². The predicted molar refractivity (Wildman–Crippen MR) is 84.7 cm³/mol. The topological polar surface area (TPSA) is 64.3 Å². The van der Waals surface area contributed by atoms with Gasteiger partial charge in [-0.1, -0.05) is 19.9 Å². The number of benzene rings is 1. The molecule has 4 nitrogen and oxygen atoms in total. The predicted octanol–water partition coefficient (Wildman–Crippen LogP) is 3.01. The van der Waals surface area contributed by atoms with E-state index in [-0.39, 0.29) is 11.9 Å². The maximum Gasteiger partial charge on any atom is 0.237 e. The van der Waals surface area contributed by atoms with Crippen molar-refractivity contribution in [2.24, 2.45) is 11.7 Å². The zero-order valence-corrected chi connectivity index (χ0v) is 14.0. The fourth-order valence-electron chi connectivity index (χ4n) is 1.97. The Balaban J connectivity index is 2.68. The third kappa shape index (κ3) is 4.80. The minimum absolute atomic E-state index is 0.0945. The largest absolute Gasteiger partial charge is 0.496 e. The van der Waals surface area contributed by atoms with Gasteiger partial charge in [-0.3, -0.25) is 4.79 Å². The zero-order chi connectivity index (χ0) is 15.3. The zero-order valence-electron chi connectivity index (χ0n) is 12.4. The van der Waals surface area contributed by atoms with Gasteiger partial charge in [0.05, 0.1) is 23.7 Å². The number of carbonyl (C=O) groups excluding carboxylic acids is 1. The summed E-state index contributed by atoms with van der Waals surface area (Å²) in [5.41, 5.74) is 6.88. The minimum atomic E-state index is -0.459. The van der Waals surface area contributed by atoms with Gasteiger partial charge in [-0.15, -0.1) is 0 Å². The summed E-state index contributed by atoms with van der Waals surface area (Å²) in [7, 11) is 1.62. The van der Waals surface area contributed by atoms with Crippen molar-refractivity contribution in [3.05, 3.63) is 28.2 Å². The lowest BCUT2D eigenvalue weighted by atomic mass is 10.0. The van der Waals surface area contributed by atoms with E-state index in [0.717, 1.165) is 15.8 Å². The Morgan fingerprint density at radius 3 is 2.55 bits per heavy atom. The summed E-state index contributed by atoms with van der Waals surface area (Å²) in [4.78, 5) is 12.0. The molecule has 5 heteroatoms. The maximum atomic E-state index is 12.0. The monoisotopic (exact) mass is 342 g/mol. The second-order valence-corrected chi connectivity index (χ2v) is 6.21. The summed E-state index contributed by atoms with van der Waals surface area (Å²) in [6, 6.07) is 5.19. The summed E-state index contributed by atoms with van der Waals surface area (Å²) >= 11 is 3.44. The maximum absolute atomic E-state index is 12.0. The van der Waals surface area contributed by atoms with Crippen molar-refractivity contribution in [2.45, 2.75) is 39.3 Å². The smallest absolute Gasteiger partial charge is 0.237 e. The number of halogens is 1. The van der Waals surface area contributed by atoms with Crippen molar-refractivity contribution in [3.63, 3.8) is 0 Å². The molecule has 0 aliphatic rings. The lowest BCUT2D eigenvalue weighted by Crippen LogP contribution is -2.42. The van der Waals surface area contributed by atoms with E-state index in [2.05, 4.69) is 35.1 Å². The van der Waals surface area contributed by atoms with Gasteiger partial charge in [0.1, 0.15) is 5.75 Å². The molecule has 2 atom stereocenters. The van der Waals surface area contributed by atoms with E-state index in [1.165, 1.54) is 0 Å². The summed E-state index contributed by atoms with van der Waals surface area (Å²) in [5.74, 6) is 1.06. The SMILES string of the molecule is COc1ccc(C(C)NC(=O)[C@H](N)CC(C)C)cc1Br. The highest BCUT2D eigenvalue weighted by atomic mass is 79.9. The van der Waals surface area contributed by atoms with Crippen molar-refractivity contribution in [3.8, 4) is 5.75 Å². The van der Waals surface area contributed by atoms with Gasteiger partial charge < -0.3 is 15.8 Å². The Morgan fingerprint density at radius 2 is 2.05 bits per heavy atom. The summed E-state index contributed by atoms with van der Waals surface area (Å²) in [6.45, 7) is 6.04. The van der Waals surface area contributed by atoms with Crippen LogP contribution in [-0.4, -0.2) is 19.1 Å². The van der Waals surface area contributed by atoms with E-state index in [0.29, 0.717) is 12.3 Å². The molecule has 0 heterocycles. The number of methoxy groups -OCH3 is 1. The molecule has 0 aliphatic heterocycles. The molecule has 0 aliphatic carbocycles. The fourth-order valence-corrected chi connectivity index (χ4v) is 2.53. The average Bonchev–Trinajstić information content (AvgIpc) is 2.37. The first kappa shape index (κ1) is 17.0. The minimum Gasteiger partial charge on any atom is -0.496 e. The second-order valence-electron chi connectivity index (χ2n) is 5.36. The normalized spacial score (nSPS) is 13.9. The molecule has 0 saturated heterocycles. The lowest BCUT2D eigenvalue weighted by Gasteiger charge is -2.19. The number of nitrogens with one attached hydrogen (secondary N) is 1. The van der Waals surface area contributed by atoms with Crippen molar-refractivity contribution in [2.75, 3.05) is 7.11 Å². The Bertz CT molecular complexity index is 463. The van der Waals surface area contributed by atoms with Gasteiger partial charge in [-0.2, -0.15) is 0 Å². The molecule has 0 fully saturated rings. The molecule has 112 valence electrons. The number of ether oxygens (including phenoxy) is 1. The van der Waals surface area contributed by atoms with Crippen LogP contribution in [0.2, 0.25) is 0 Å². The van der Waals surface area contributed by atoms with E-state index in [4.69, 9.17) is 10.5 Å². The van der Waals surface area contributed by atoms with E-state index < -0.39 is 6.04 Å². The highest BCUT2D eigenvalue weighted by molar-refractivity contribution is 9.10. The first-order chi connectivity index (χ1) is 9.35. The Kier molecular flexibility index (Phi) is 6.49. The summed E-state index contributed by atoms with van der Waals surface area (Å²) < 4.78 is 6.05. The average molecular weight is 343 g/mol. The van der Waals surface area contributed by atoms with Gasteiger partial charge in [0, 0.05) is 0 Å². The van der Waals surface area contributed by atoms with Crippen LogP contribution in [0, 0.1) is 5.92 Å². The first-order valence-electron chi connectivity index (χ1n) is 6.74. The van der Waals surface area contributed by atoms with Gasteiger partial charge in [0.2, 0.25) is 5.91 Å². The molecule has 0 spiro atoms. The molecule has 0 aromatic heterocycles. The number of hydrogen-bond acceptors (Lipinski definition) is 3. The first-order valence-corrected chi connectivity index (χ1v) is 7.53. The third-order valence-electron chi connectivity index (χ3n) is 3.10. The van der Waals surface area contributed by atoms with E-state index in [9.17, 15) is 4.79 Å². The number of amides is 1. The van der Waals surface area contributed by atoms with Crippen LogP contribution in [0.5, 0.6) is 5.75 Å². The van der Waals surface area contributed by atoms with E-state index in [1.807, 2.05) is 25.1 Å². The lowest BCUT2D eigenvalue weighted by molar-refractivity contribution is -0.123. The van der Waals surface area contributed by atoms with E-state index >= 15 is 0 Å². The Morgan fingerprint density at radius 1 is 1.40 bits per heavy atom. The number of carbonyl (C=O) groups is 1. The second kappa shape index (κ2) is 7.64.